The molecule has 1 saturated carbocycles. The number of carbonyl (C=O) groups is 1. The maximum absolute atomic E-state index is 12.6. The summed E-state index contributed by atoms with van der Waals surface area (Å²) >= 11 is 0. The Kier molecular flexibility index (Phi) is 3.57. The number of nitrogens with zero attached hydrogens (tertiary/aromatic N) is 1. The first-order valence-electron chi connectivity index (χ1n) is 8.41. The number of phenolic OH excluding ortho intramolecular Hbond substituents is 1. The summed E-state index contributed by atoms with van der Waals surface area (Å²) in [4.78, 5) is 14.5. The van der Waals surface area contributed by atoms with Crippen LogP contribution in [0.5, 0.6) is 5.75 Å². The van der Waals surface area contributed by atoms with Gasteiger partial charge >= 0.3 is 0 Å². The van der Waals surface area contributed by atoms with Gasteiger partial charge in [-0.3, -0.25) is 4.79 Å². The first-order valence-corrected chi connectivity index (χ1v) is 8.41. The van der Waals surface area contributed by atoms with Crippen molar-refractivity contribution in [1.82, 2.24) is 4.90 Å². The number of hydrogen-bond donors (Lipinski definition) is 2. The fraction of sp³-hybridized carbons (Fsp3) is 0.350. The zero-order chi connectivity index (χ0) is 16.7. The van der Waals surface area contributed by atoms with Crippen LogP contribution in [0.25, 0.3) is 0 Å². The summed E-state index contributed by atoms with van der Waals surface area (Å²) in [5.41, 5.74) is 0.825. The Labute approximate surface area is 141 Å². The van der Waals surface area contributed by atoms with Gasteiger partial charge in [0.1, 0.15) is 5.75 Å². The molecule has 0 bridgehead atoms. The number of fused-ring (bicyclic) bond motifs is 1. The van der Waals surface area contributed by atoms with Crippen molar-refractivity contribution in [3.8, 4) is 5.75 Å². The van der Waals surface area contributed by atoms with Crippen LogP contribution in [0.4, 0.5) is 0 Å². The molecule has 2 aromatic rings. The van der Waals surface area contributed by atoms with Gasteiger partial charge in [0.15, 0.2) is 0 Å². The van der Waals surface area contributed by atoms with E-state index in [1.165, 1.54) is 12.1 Å². The third-order valence-electron chi connectivity index (χ3n) is 5.49. The highest BCUT2D eigenvalue weighted by Gasteiger charge is 2.49. The van der Waals surface area contributed by atoms with Crippen molar-refractivity contribution in [2.75, 3.05) is 13.1 Å². The van der Waals surface area contributed by atoms with Crippen LogP contribution in [0.2, 0.25) is 0 Å². The van der Waals surface area contributed by atoms with Gasteiger partial charge in [0.25, 0.3) is 5.91 Å². The number of likely N-dealkylation sites (tertiary alicyclic amines) is 1. The number of benzene rings is 2. The van der Waals surface area contributed by atoms with Gasteiger partial charge in [-0.25, -0.2) is 0 Å². The number of amides is 1. The van der Waals surface area contributed by atoms with Crippen LogP contribution in [0.1, 0.15) is 28.8 Å². The van der Waals surface area contributed by atoms with E-state index < -0.39 is 5.60 Å². The van der Waals surface area contributed by atoms with E-state index in [9.17, 15) is 15.0 Å². The molecular weight excluding hydrogens is 302 g/mol. The average molecular weight is 323 g/mol. The van der Waals surface area contributed by atoms with Crippen LogP contribution in [0, 0.1) is 11.8 Å². The molecule has 2 aliphatic rings. The van der Waals surface area contributed by atoms with Crippen LogP contribution in [-0.2, 0) is 5.60 Å². The van der Waals surface area contributed by atoms with E-state index in [0.29, 0.717) is 43.3 Å². The Morgan fingerprint density at radius 3 is 2.12 bits per heavy atom. The molecule has 0 radical (unpaired) electrons. The molecule has 2 aromatic carbocycles. The SMILES string of the molecule is O=C(c1ccc(O)cc1)N1CC2CC(O)(c3ccccc3)CC2C1. The number of aliphatic hydroxyl groups is 1. The molecule has 0 aromatic heterocycles. The molecular formula is C20H21NO3. The topological polar surface area (TPSA) is 60.8 Å². The quantitative estimate of drug-likeness (QED) is 0.893. The van der Waals surface area contributed by atoms with Gasteiger partial charge in [-0.1, -0.05) is 30.3 Å². The van der Waals surface area contributed by atoms with Gasteiger partial charge < -0.3 is 15.1 Å². The maximum Gasteiger partial charge on any atom is 0.253 e. The lowest BCUT2D eigenvalue weighted by Gasteiger charge is -2.26. The van der Waals surface area contributed by atoms with Crippen molar-refractivity contribution >= 4 is 5.91 Å². The summed E-state index contributed by atoms with van der Waals surface area (Å²) in [6.45, 7) is 1.39. The summed E-state index contributed by atoms with van der Waals surface area (Å²) in [6, 6.07) is 16.3. The average Bonchev–Trinajstić information content (AvgIpc) is 3.11. The molecule has 1 amide bonds. The lowest BCUT2D eigenvalue weighted by molar-refractivity contribution is 0.0305. The highest BCUT2D eigenvalue weighted by Crippen LogP contribution is 2.49. The smallest absolute Gasteiger partial charge is 0.253 e. The minimum absolute atomic E-state index is 0.00708. The number of hydrogen-bond acceptors (Lipinski definition) is 3. The van der Waals surface area contributed by atoms with Gasteiger partial charge in [-0.05, 0) is 54.5 Å². The first kappa shape index (κ1) is 15.2. The van der Waals surface area contributed by atoms with Gasteiger partial charge in [0.2, 0.25) is 0 Å². The Balaban J connectivity index is 1.46. The van der Waals surface area contributed by atoms with Gasteiger partial charge in [0, 0.05) is 18.7 Å². The summed E-state index contributed by atoms with van der Waals surface area (Å²) in [6.07, 6.45) is 1.42. The standard InChI is InChI=1S/C20H21NO3/c22-18-8-6-14(7-9-18)19(23)21-12-15-10-20(24,11-16(15)13-21)17-4-2-1-3-5-17/h1-9,15-16,22,24H,10-13H2. The predicted molar refractivity (Wildman–Crippen MR) is 90.6 cm³/mol. The number of carbonyl (C=O) groups excluding carboxylic acids is 1. The van der Waals surface area contributed by atoms with E-state index in [1.54, 1.807) is 12.1 Å². The van der Waals surface area contributed by atoms with E-state index in [0.717, 1.165) is 5.56 Å². The minimum atomic E-state index is -0.760. The van der Waals surface area contributed by atoms with Gasteiger partial charge in [0.05, 0.1) is 5.60 Å². The van der Waals surface area contributed by atoms with Crippen LogP contribution >= 0.6 is 0 Å². The molecule has 24 heavy (non-hydrogen) atoms. The fourth-order valence-corrected chi connectivity index (χ4v) is 4.29. The van der Waals surface area contributed by atoms with Crippen molar-refractivity contribution in [1.29, 1.82) is 0 Å². The van der Waals surface area contributed by atoms with Crippen LogP contribution in [-0.4, -0.2) is 34.1 Å². The van der Waals surface area contributed by atoms with Crippen LogP contribution in [0.3, 0.4) is 0 Å². The van der Waals surface area contributed by atoms with E-state index in [2.05, 4.69) is 0 Å². The third-order valence-corrected chi connectivity index (χ3v) is 5.49. The molecule has 2 fully saturated rings. The molecule has 2 atom stereocenters. The highest BCUT2D eigenvalue weighted by molar-refractivity contribution is 5.94. The normalized spacial score (nSPS) is 28.8. The Morgan fingerprint density at radius 2 is 1.54 bits per heavy atom. The molecule has 2 unspecified atom stereocenters. The molecule has 124 valence electrons. The largest absolute Gasteiger partial charge is 0.508 e. The van der Waals surface area contributed by atoms with Gasteiger partial charge in [-0.15, -0.1) is 0 Å². The molecule has 1 saturated heterocycles. The van der Waals surface area contributed by atoms with Gasteiger partial charge in [-0.2, -0.15) is 0 Å². The van der Waals surface area contributed by atoms with E-state index >= 15 is 0 Å². The van der Waals surface area contributed by atoms with Crippen molar-refractivity contribution < 1.29 is 15.0 Å². The van der Waals surface area contributed by atoms with Crippen LogP contribution in [0.15, 0.2) is 54.6 Å². The van der Waals surface area contributed by atoms with Crippen LogP contribution < -0.4 is 0 Å². The second-order valence-electron chi connectivity index (χ2n) is 7.08. The van der Waals surface area contributed by atoms with E-state index in [4.69, 9.17) is 0 Å². The zero-order valence-corrected chi connectivity index (χ0v) is 13.4. The van der Waals surface area contributed by atoms with Crippen molar-refractivity contribution in [2.45, 2.75) is 18.4 Å². The summed E-state index contributed by atoms with van der Waals surface area (Å²) in [5, 5.41) is 20.4. The predicted octanol–water partition coefficient (Wildman–Crippen LogP) is 2.76. The highest BCUT2D eigenvalue weighted by atomic mass is 16.3. The molecule has 2 N–H and O–H groups in total. The Hall–Kier alpha value is -2.33. The molecule has 4 rings (SSSR count). The minimum Gasteiger partial charge on any atom is -0.508 e. The second kappa shape index (κ2) is 5.64. The molecule has 0 spiro atoms. The number of rotatable bonds is 2. The Morgan fingerprint density at radius 1 is 0.958 bits per heavy atom. The summed E-state index contributed by atoms with van der Waals surface area (Å²) in [5.74, 6) is 0.859. The van der Waals surface area contributed by atoms with Crippen molar-refractivity contribution in [2.24, 2.45) is 11.8 Å². The molecule has 1 aliphatic heterocycles. The maximum atomic E-state index is 12.6. The molecule has 1 heterocycles. The summed E-state index contributed by atoms with van der Waals surface area (Å²) < 4.78 is 0. The zero-order valence-electron chi connectivity index (χ0n) is 13.4. The number of aromatic hydroxyl groups is 1. The second-order valence-corrected chi connectivity index (χ2v) is 7.08. The fourth-order valence-electron chi connectivity index (χ4n) is 4.29. The van der Waals surface area contributed by atoms with E-state index in [1.807, 2.05) is 35.2 Å². The molecule has 4 nitrogen and oxygen atoms in total. The first-order chi connectivity index (χ1) is 11.5. The molecule has 4 heteroatoms. The van der Waals surface area contributed by atoms with E-state index in [-0.39, 0.29) is 11.7 Å². The van der Waals surface area contributed by atoms with Crippen molar-refractivity contribution in [3.05, 3.63) is 65.7 Å². The lowest BCUT2D eigenvalue weighted by Crippen LogP contribution is -2.32. The number of phenols is 1. The Bertz CT molecular complexity index is 727. The van der Waals surface area contributed by atoms with Crippen molar-refractivity contribution in [3.63, 3.8) is 0 Å². The third kappa shape index (κ3) is 2.57. The monoisotopic (exact) mass is 323 g/mol. The summed E-state index contributed by atoms with van der Waals surface area (Å²) in [7, 11) is 0. The lowest BCUT2D eigenvalue weighted by atomic mass is 9.90. The molecule has 1 aliphatic carbocycles.